The Kier molecular flexibility index (Phi) is 3.84. The number of nitrogens with one attached hydrogen (secondary N) is 1. The number of rotatable bonds is 4. The number of aromatic nitrogens is 1. The fourth-order valence-electron chi connectivity index (χ4n) is 2.50. The normalized spacial score (nSPS) is 13.0. The van der Waals surface area contributed by atoms with Crippen molar-refractivity contribution in [2.45, 2.75) is 29.2 Å². The summed E-state index contributed by atoms with van der Waals surface area (Å²) in [7, 11) is 1.65. The number of methoxy groups -OCH3 is 1. The van der Waals surface area contributed by atoms with E-state index >= 15 is 0 Å². The zero-order valence-corrected chi connectivity index (χ0v) is 12.7. The van der Waals surface area contributed by atoms with Crippen molar-refractivity contribution in [3.63, 3.8) is 0 Å². The van der Waals surface area contributed by atoms with E-state index in [1.807, 2.05) is 30.3 Å². The monoisotopic (exact) mass is 299 g/mol. The van der Waals surface area contributed by atoms with Crippen LogP contribution in [0.2, 0.25) is 0 Å². The molecule has 0 atom stereocenters. The van der Waals surface area contributed by atoms with Crippen LogP contribution in [0.4, 0.5) is 0 Å². The van der Waals surface area contributed by atoms with Gasteiger partial charge >= 0.3 is 0 Å². The molecule has 0 unspecified atom stereocenters. The van der Waals surface area contributed by atoms with Crippen molar-refractivity contribution in [1.82, 2.24) is 4.98 Å². The van der Waals surface area contributed by atoms with Gasteiger partial charge in [-0.15, -0.1) is 0 Å². The molecule has 0 fully saturated rings. The van der Waals surface area contributed by atoms with Crippen molar-refractivity contribution in [2.75, 3.05) is 7.11 Å². The highest BCUT2D eigenvalue weighted by atomic mass is 32.2. The van der Waals surface area contributed by atoms with Gasteiger partial charge in [-0.05, 0) is 49.1 Å². The summed E-state index contributed by atoms with van der Waals surface area (Å²) in [4.78, 5) is 5.76. The minimum Gasteiger partial charge on any atom is -0.497 e. The summed E-state index contributed by atoms with van der Waals surface area (Å²) in [5, 5.41) is 8.59. The van der Waals surface area contributed by atoms with Gasteiger partial charge in [-0.2, -0.15) is 0 Å². The number of nitrogens with two attached hydrogens (primary N) is 1. The Morgan fingerprint density at radius 3 is 2.95 bits per heavy atom. The maximum atomic E-state index is 7.78. The fraction of sp³-hybridized carbons (Fsp3) is 0.250. The predicted molar refractivity (Wildman–Crippen MR) is 84.4 cm³/mol. The van der Waals surface area contributed by atoms with Gasteiger partial charge in [0.1, 0.15) is 16.6 Å². The summed E-state index contributed by atoms with van der Waals surface area (Å²) >= 11 is 1.53. The minimum absolute atomic E-state index is 0.0718. The first-order valence-corrected chi connectivity index (χ1v) is 7.68. The summed E-state index contributed by atoms with van der Waals surface area (Å²) in [6.45, 7) is 0. The second-order valence-corrected chi connectivity index (χ2v) is 6.06. The topological polar surface area (TPSA) is 72.0 Å². The molecular weight excluding hydrogens is 282 g/mol. The number of pyridine rings is 1. The van der Waals surface area contributed by atoms with Crippen molar-refractivity contribution >= 4 is 17.6 Å². The maximum absolute atomic E-state index is 7.78. The lowest BCUT2D eigenvalue weighted by Gasteiger charge is -2.10. The van der Waals surface area contributed by atoms with Crippen LogP contribution < -0.4 is 10.5 Å². The van der Waals surface area contributed by atoms with E-state index in [-0.39, 0.29) is 5.84 Å². The average molecular weight is 299 g/mol. The molecule has 1 heterocycles. The number of ether oxygens (including phenoxy) is 1. The van der Waals surface area contributed by atoms with Crippen LogP contribution in [0.15, 0.2) is 40.3 Å². The summed E-state index contributed by atoms with van der Waals surface area (Å²) in [5.41, 5.74) is 8.82. The zero-order chi connectivity index (χ0) is 14.8. The molecule has 0 amide bonds. The van der Waals surface area contributed by atoms with Crippen LogP contribution in [0.5, 0.6) is 5.75 Å². The van der Waals surface area contributed by atoms with E-state index in [1.54, 1.807) is 7.11 Å². The molecule has 2 aromatic rings. The Morgan fingerprint density at radius 2 is 2.19 bits per heavy atom. The predicted octanol–water partition coefficient (Wildman–Crippen LogP) is 3.01. The molecule has 0 radical (unpaired) electrons. The largest absolute Gasteiger partial charge is 0.497 e. The second kappa shape index (κ2) is 5.77. The van der Waals surface area contributed by atoms with Gasteiger partial charge in [-0.25, -0.2) is 4.98 Å². The van der Waals surface area contributed by atoms with Gasteiger partial charge in [0.2, 0.25) is 0 Å². The second-order valence-electron chi connectivity index (χ2n) is 5.00. The zero-order valence-electron chi connectivity index (χ0n) is 11.8. The quantitative estimate of drug-likeness (QED) is 0.672. The van der Waals surface area contributed by atoms with E-state index in [0.717, 1.165) is 46.2 Å². The average Bonchev–Trinajstić information content (AvgIpc) is 2.93. The first-order chi connectivity index (χ1) is 10.2. The molecule has 1 aromatic carbocycles. The third-order valence-electron chi connectivity index (χ3n) is 3.56. The summed E-state index contributed by atoms with van der Waals surface area (Å²) in [6, 6.07) is 9.85. The number of amidine groups is 1. The highest BCUT2D eigenvalue weighted by Gasteiger charge is 2.18. The third kappa shape index (κ3) is 2.88. The van der Waals surface area contributed by atoms with Crippen LogP contribution in [-0.2, 0) is 12.8 Å². The van der Waals surface area contributed by atoms with E-state index in [4.69, 9.17) is 20.9 Å². The van der Waals surface area contributed by atoms with Crippen molar-refractivity contribution in [1.29, 1.82) is 5.41 Å². The molecule has 0 saturated heterocycles. The Hall–Kier alpha value is -2.01. The SMILES string of the molecule is COc1cccc(Sc2nc3c(cc2C(=N)N)CCC3)c1. The van der Waals surface area contributed by atoms with E-state index < -0.39 is 0 Å². The number of nitrogens with zero attached hydrogens (tertiary/aromatic N) is 1. The van der Waals surface area contributed by atoms with Crippen LogP contribution in [0, 0.1) is 5.41 Å². The summed E-state index contributed by atoms with van der Waals surface area (Å²) in [5.74, 6) is 0.883. The van der Waals surface area contributed by atoms with Crippen LogP contribution in [0.3, 0.4) is 0 Å². The van der Waals surface area contributed by atoms with E-state index in [1.165, 1.54) is 17.3 Å². The molecular formula is C16H17N3OS. The molecule has 1 aliphatic rings. The molecule has 21 heavy (non-hydrogen) atoms. The molecule has 0 aliphatic heterocycles. The molecule has 0 spiro atoms. The number of nitrogen functional groups attached to an aromatic ring is 1. The number of fused-ring (bicyclic) bond motifs is 1. The Morgan fingerprint density at radius 1 is 1.33 bits per heavy atom. The lowest BCUT2D eigenvalue weighted by atomic mass is 10.1. The number of benzene rings is 1. The van der Waals surface area contributed by atoms with Crippen LogP contribution in [0.25, 0.3) is 0 Å². The summed E-state index contributed by atoms with van der Waals surface area (Å²) < 4.78 is 5.24. The van der Waals surface area contributed by atoms with Gasteiger partial charge in [-0.3, -0.25) is 5.41 Å². The lowest BCUT2D eigenvalue weighted by molar-refractivity contribution is 0.413. The molecule has 1 aromatic heterocycles. The fourth-order valence-corrected chi connectivity index (χ4v) is 3.48. The standard InChI is InChI=1S/C16H17N3OS/c1-20-11-5-3-6-12(9-11)21-16-13(15(17)18)8-10-4-2-7-14(10)19-16/h3,5-6,8-9H,2,4,7H2,1H3,(H3,17,18). The first kappa shape index (κ1) is 13.9. The Labute approximate surface area is 128 Å². The van der Waals surface area contributed by atoms with Crippen molar-refractivity contribution in [2.24, 2.45) is 5.73 Å². The highest BCUT2D eigenvalue weighted by molar-refractivity contribution is 7.99. The van der Waals surface area contributed by atoms with Crippen LogP contribution in [-0.4, -0.2) is 17.9 Å². The maximum Gasteiger partial charge on any atom is 0.125 e. The lowest BCUT2D eigenvalue weighted by Crippen LogP contribution is -2.14. The van der Waals surface area contributed by atoms with Crippen molar-refractivity contribution in [3.05, 3.63) is 47.2 Å². The highest BCUT2D eigenvalue weighted by Crippen LogP contribution is 2.33. The molecule has 0 bridgehead atoms. The molecule has 4 nitrogen and oxygen atoms in total. The van der Waals surface area contributed by atoms with E-state index in [9.17, 15) is 0 Å². The molecule has 0 saturated carbocycles. The van der Waals surface area contributed by atoms with Crippen LogP contribution >= 0.6 is 11.8 Å². The molecule has 5 heteroatoms. The Balaban J connectivity index is 1.99. The van der Waals surface area contributed by atoms with Crippen molar-refractivity contribution < 1.29 is 4.74 Å². The van der Waals surface area contributed by atoms with Gasteiger partial charge < -0.3 is 10.5 Å². The minimum atomic E-state index is 0.0718. The molecule has 3 N–H and O–H groups in total. The van der Waals surface area contributed by atoms with Crippen molar-refractivity contribution in [3.8, 4) is 5.75 Å². The van der Waals surface area contributed by atoms with Gasteiger partial charge in [-0.1, -0.05) is 17.8 Å². The first-order valence-electron chi connectivity index (χ1n) is 6.86. The van der Waals surface area contributed by atoms with E-state index in [0.29, 0.717) is 0 Å². The Bertz CT molecular complexity index is 700. The molecule has 1 aliphatic carbocycles. The number of hydrogen-bond donors (Lipinski definition) is 2. The van der Waals surface area contributed by atoms with Gasteiger partial charge in [0.15, 0.2) is 0 Å². The van der Waals surface area contributed by atoms with Crippen LogP contribution in [0.1, 0.15) is 23.2 Å². The number of aryl methyl sites for hydroxylation is 2. The van der Waals surface area contributed by atoms with Gasteiger partial charge in [0.05, 0.1) is 7.11 Å². The van der Waals surface area contributed by atoms with Gasteiger partial charge in [0.25, 0.3) is 0 Å². The molecule has 108 valence electrons. The third-order valence-corrected chi connectivity index (χ3v) is 4.56. The number of hydrogen-bond acceptors (Lipinski definition) is 4. The molecule has 3 rings (SSSR count). The van der Waals surface area contributed by atoms with Gasteiger partial charge in [0, 0.05) is 16.2 Å². The van der Waals surface area contributed by atoms with E-state index in [2.05, 4.69) is 0 Å². The smallest absolute Gasteiger partial charge is 0.125 e. The summed E-state index contributed by atoms with van der Waals surface area (Å²) in [6.07, 6.45) is 3.18.